The number of amides is 1. The van der Waals surface area contributed by atoms with Crippen molar-refractivity contribution >= 4 is 11.8 Å². The van der Waals surface area contributed by atoms with Crippen molar-refractivity contribution in [2.45, 2.75) is 77.2 Å². The van der Waals surface area contributed by atoms with E-state index in [1.807, 2.05) is 26.8 Å². The predicted molar refractivity (Wildman–Crippen MR) is 164 cm³/mol. The van der Waals surface area contributed by atoms with Crippen LogP contribution in [0.5, 0.6) is 5.88 Å². The number of likely N-dealkylation sites (N-methyl/N-ethyl adjacent to an activating group) is 1. The summed E-state index contributed by atoms with van der Waals surface area (Å²) in [5.41, 5.74) is 3.89. The van der Waals surface area contributed by atoms with Crippen LogP contribution >= 0.6 is 0 Å². The van der Waals surface area contributed by atoms with Crippen molar-refractivity contribution in [2.75, 3.05) is 51.3 Å². The molecule has 10 nitrogen and oxygen atoms in total. The number of piperazine rings is 1. The molecule has 228 valence electrons. The van der Waals surface area contributed by atoms with Crippen LogP contribution in [-0.2, 0) is 24.2 Å². The molecule has 43 heavy (non-hydrogen) atoms. The van der Waals surface area contributed by atoms with Gasteiger partial charge in [-0.05, 0) is 59.2 Å². The zero-order chi connectivity index (χ0) is 30.6. The molecule has 1 amide bonds. The molecule has 0 radical (unpaired) electrons. The second kappa shape index (κ2) is 13.2. The maximum Gasteiger partial charge on any atom is 0.410 e. The summed E-state index contributed by atoms with van der Waals surface area (Å²) in [6.45, 7) is 10.7. The predicted octanol–water partition coefficient (Wildman–Crippen LogP) is 4.32. The van der Waals surface area contributed by atoms with Crippen molar-refractivity contribution in [3.63, 3.8) is 0 Å². The van der Waals surface area contributed by atoms with Crippen molar-refractivity contribution < 1.29 is 14.3 Å². The molecule has 2 fully saturated rings. The fraction of sp³-hybridized carbons (Fsp3) is 0.576. The summed E-state index contributed by atoms with van der Waals surface area (Å²) in [6.07, 6.45) is 2.71. The highest BCUT2D eigenvalue weighted by molar-refractivity contribution is 5.72. The average molecular weight is 586 g/mol. The lowest BCUT2D eigenvalue weighted by molar-refractivity contribution is 0.0145. The molecule has 2 aromatic rings. The molecule has 1 aromatic carbocycles. The van der Waals surface area contributed by atoms with Crippen LogP contribution in [0.15, 0.2) is 30.3 Å². The Balaban J connectivity index is 1.46. The van der Waals surface area contributed by atoms with Gasteiger partial charge in [-0.1, -0.05) is 30.3 Å². The lowest BCUT2D eigenvalue weighted by Crippen LogP contribution is -2.56. The van der Waals surface area contributed by atoms with Crippen LogP contribution in [0.4, 0.5) is 10.5 Å². The molecule has 3 aliphatic heterocycles. The second-order valence-electron chi connectivity index (χ2n) is 12.8. The first-order valence-electron chi connectivity index (χ1n) is 15.3. The summed E-state index contributed by atoms with van der Waals surface area (Å²) >= 11 is 0. The number of hydrogen-bond acceptors (Lipinski definition) is 9. The first-order chi connectivity index (χ1) is 20.7. The molecule has 0 bridgehead atoms. The van der Waals surface area contributed by atoms with Gasteiger partial charge in [-0.15, -0.1) is 0 Å². The summed E-state index contributed by atoms with van der Waals surface area (Å²) in [7, 11) is 2.11. The van der Waals surface area contributed by atoms with Crippen LogP contribution < -0.4 is 9.64 Å². The number of rotatable bonds is 7. The van der Waals surface area contributed by atoms with Gasteiger partial charge in [0.05, 0.1) is 29.9 Å². The molecule has 10 heteroatoms. The first-order valence-corrected chi connectivity index (χ1v) is 15.3. The number of nitriles is 2. The van der Waals surface area contributed by atoms with Crippen LogP contribution in [0.3, 0.4) is 0 Å². The van der Waals surface area contributed by atoms with E-state index in [0.717, 1.165) is 55.8 Å². The molecule has 2 atom stereocenters. The third-order valence-electron chi connectivity index (χ3n) is 8.57. The summed E-state index contributed by atoms with van der Waals surface area (Å²) < 4.78 is 12.0. The topological polar surface area (TPSA) is 109 Å². The SMILES string of the molecule is CN1CCCC1COc1nc2c(c(N3CCN(C(=O)OC(C)(C)C)C(CC#N)C3)c1C#N)CCN(Cc1ccccc1)C2. The quantitative estimate of drug-likeness (QED) is 0.469. The van der Waals surface area contributed by atoms with Crippen LogP contribution in [-0.4, -0.2) is 89.8 Å². The van der Waals surface area contributed by atoms with Gasteiger partial charge in [-0.2, -0.15) is 10.5 Å². The van der Waals surface area contributed by atoms with Gasteiger partial charge in [-0.3, -0.25) is 4.90 Å². The van der Waals surface area contributed by atoms with E-state index >= 15 is 0 Å². The molecular weight excluding hydrogens is 542 g/mol. The van der Waals surface area contributed by atoms with Gasteiger partial charge in [0.2, 0.25) is 5.88 Å². The van der Waals surface area contributed by atoms with Gasteiger partial charge >= 0.3 is 6.09 Å². The van der Waals surface area contributed by atoms with E-state index in [2.05, 4.69) is 58.2 Å². The number of aromatic nitrogens is 1. The number of anilines is 1. The molecule has 0 N–H and O–H groups in total. The van der Waals surface area contributed by atoms with E-state index in [4.69, 9.17) is 14.5 Å². The van der Waals surface area contributed by atoms with Crippen molar-refractivity contribution in [3.8, 4) is 18.0 Å². The maximum absolute atomic E-state index is 13.1. The minimum absolute atomic E-state index is 0.174. The summed E-state index contributed by atoms with van der Waals surface area (Å²) in [6, 6.07) is 15.0. The Labute approximate surface area is 255 Å². The van der Waals surface area contributed by atoms with Gasteiger partial charge in [0.15, 0.2) is 0 Å². The van der Waals surface area contributed by atoms with E-state index in [1.54, 1.807) is 4.90 Å². The number of fused-ring (bicyclic) bond motifs is 1. The number of nitrogens with zero attached hydrogens (tertiary/aromatic N) is 7. The summed E-state index contributed by atoms with van der Waals surface area (Å²) in [5, 5.41) is 20.2. The molecule has 0 spiro atoms. The van der Waals surface area contributed by atoms with Crippen molar-refractivity contribution in [2.24, 2.45) is 0 Å². The number of likely N-dealkylation sites (tertiary alicyclic amines) is 1. The Bertz CT molecular complexity index is 1380. The Kier molecular flexibility index (Phi) is 9.39. The second-order valence-corrected chi connectivity index (χ2v) is 12.8. The number of benzene rings is 1. The highest BCUT2D eigenvalue weighted by atomic mass is 16.6. The van der Waals surface area contributed by atoms with E-state index in [9.17, 15) is 15.3 Å². The third kappa shape index (κ3) is 7.21. The van der Waals surface area contributed by atoms with Crippen LogP contribution in [0.1, 0.15) is 62.4 Å². The lowest BCUT2D eigenvalue weighted by atomic mass is 9.97. The van der Waals surface area contributed by atoms with Gasteiger partial charge in [0, 0.05) is 50.9 Å². The number of carbonyl (C=O) groups is 1. The van der Waals surface area contributed by atoms with E-state index in [0.29, 0.717) is 50.3 Å². The fourth-order valence-corrected chi connectivity index (χ4v) is 6.38. The molecule has 2 saturated heterocycles. The van der Waals surface area contributed by atoms with Crippen LogP contribution in [0.2, 0.25) is 0 Å². The van der Waals surface area contributed by atoms with Gasteiger partial charge in [-0.25, -0.2) is 9.78 Å². The molecular formula is C33H43N7O3. The van der Waals surface area contributed by atoms with E-state index in [-0.39, 0.29) is 12.5 Å². The van der Waals surface area contributed by atoms with Crippen molar-refractivity contribution in [1.82, 2.24) is 19.7 Å². The van der Waals surface area contributed by atoms with Crippen molar-refractivity contribution in [1.29, 1.82) is 10.5 Å². The average Bonchev–Trinajstić information content (AvgIpc) is 3.39. The van der Waals surface area contributed by atoms with Crippen molar-refractivity contribution in [3.05, 3.63) is 52.7 Å². The minimum atomic E-state index is -0.630. The molecule has 3 aliphatic rings. The Hall–Kier alpha value is -3.86. The van der Waals surface area contributed by atoms with Crippen LogP contribution in [0.25, 0.3) is 0 Å². The number of ether oxygens (including phenoxy) is 2. The van der Waals surface area contributed by atoms with E-state index < -0.39 is 11.7 Å². The first kappa shape index (κ1) is 30.6. The standard InChI is InChI=1S/C33H43N7O3/c1-33(2,3)43-32(41)40-18-17-39(21-25(40)12-14-34)30-27-13-16-38(20-24-9-6-5-7-10-24)22-29(27)36-31(28(30)19-35)42-23-26-11-8-15-37(26)4/h5-7,9-10,25-26H,8,11-13,15-18,20-23H2,1-4H3. The molecule has 0 aliphatic carbocycles. The monoisotopic (exact) mass is 585 g/mol. The Morgan fingerprint density at radius 3 is 2.56 bits per heavy atom. The van der Waals surface area contributed by atoms with Gasteiger partial charge in [0.25, 0.3) is 0 Å². The summed E-state index contributed by atoms with van der Waals surface area (Å²) in [4.78, 5) is 26.6. The normalized spacial score (nSPS) is 21.2. The smallest absolute Gasteiger partial charge is 0.410 e. The Morgan fingerprint density at radius 1 is 1.09 bits per heavy atom. The molecule has 4 heterocycles. The minimum Gasteiger partial charge on any atom is -0.475 e. The molecule has 0 saturated carbocycles. The number of hydrogen-bond donors (Lipinski definition) is 0. The molecule has 2 unspecified atom stereocenters. The lowest BCUT2D eigenvalue weighted by Gasteiger charge is -2.43. The fourth-order valence-electron chi connectivity index (χ4n) is 6.38. The van der Waals surface area contributed by atoms with Crippen LogP contribution in [0, 0.1) is 22.7 Å². The zero-order valence-corrected chi connectivity index (χ0v) is 25.9. The largest absolute Gasteiger partial charge is 0.475 e. The maximum atomic E-state index is 13.1. The van der Waals surface area contributed by atoms with Gasteiger partial charge in [0.1, 0.15) is 23.8 Å². The molecule has 5 rings (SSSR count). The van der Waals surface area contributed by atoms with Gasteiger partial charge < -0.3 is 24.2 Å². The zero-order valence-electron chi connectivity index (χ0n) is 25.9. The number of carbonyl (C=O) groups excluding carboxylic acids is 1. The Morgan fingerprint density at radius 2 is 1.88 bits per heavy atom. The molecule has 1 aromatic heterocycles. The van der Waals surface area contributed by atoms with E-state index in [1.165, 1.54) is 5.56 Å². The highest BCUT2D eigenvalue weighted by Gasteiger charge is 2.37. The number of pyridine rings is 1. The summed E-state index contributed by atoms with van der Waals surface area (Å²) in [5.74, 6) is 0.379. The third-order valence-corrected chi connectivity index (χ3v) is 8.57. The highest BCUT2D eigenvalue weighted by Crippen LogP contribution is 2.38.